The van der Waals surface area contributed by atoms with Crippen molar-refractivity contribution in [1.82, 2.24) is 5.32 Å². The SMILES string of the molecule is CCc1cc(NC(=O)NC(C)(CC)CO)ccc1C. The molecule has 19 heavy (non-hydrogen) atoms. The molecule has 0 radical (unpaired) electrons. The second-order valence-corrected chi connectivity index (χ2v) is 5.15. The summed E-state index contributed by atoms with van der Waals surface area (Å²) in [5.41, 5.74) is 2.64. The highest BCUT2D eigenvalue weighted by Crippen LogP contribution is 2.16. The van der Waals surface area contributed by atoms with Gasteiger partial charge in [0.15, 0.2) is 0 Å². The van der Waals surface area contributed by atoms with Crippen LogP contribution in [0.4, 0.5) is 10.5 Å². The van der Waals surface area contributed by atoms with E-state index in [4.69, 9.17) is 0 Å². The van der Waals surface area contributed by atoms with Crippen LogP contribution in [-0.2, 0) is 6.42 Å². The fourth-order valence-corrected chi connectivity index (χ4v) is 1.81. The van der Waals surface area contributed by atoms with Crippen LogP contribution >= 0.6 is 0 Å². The number of urea groups is 1. The van der Waals surface area contributed by atoms with Gasteiger partial charge >= 0.3 is 6.03 Å². The number of aliphatic hydroxyl groups excluding tert-OH is 1. The molecule has 0 bridgehead atoms. The van der Waals surface area contributed by atoms with E-state index in [1.807, 2.05) is 32.0 Å². The number of hydrogen-bond acceptors (Lipinski definition) is 2. The van der Waals surface area contributed by atoms with E-state index < -0.39 is 5.54 Å². The van der Waals surface area contributed by atoms with E-state index in [0.717, 1.165) is 12.1 Å². The number of nitrogens with one attached hydrogen (secondary N) is 2. The molecule has 0 heterocycles. The Morgan fingerprint density at radius 1 is 1.37 bits per heavy atom. The second kappa shape index (κ2) is 6.57. The zero-order chi connectivity index (χ0) is 14.5. The highest BCUT2D eigenvalue weighted by Gasteiger charge is 2.23. The highest BCUT2D eigenvalue weighted by atomic mass is 16.3. The maximum absolute atomic E-state index is 11.9. The molecule has 1 aromatic carbocycles. The van der Waals surface area contributed by atoms with Gasteiger partial charge in [-0.15, -0.1) is 0 Å². The molecular formula is C15H24N2O2. The lowest BCUT2D eigenvalue weighted by molar-refractivity contribution is 0.172. The van der Waals surface area contributed by atoms with Crippen LogP contribution in [-0.4, -0.2) is 23.3 Å². The molecule has 0 aliphatic heterocycles. The third-order valence-electron chi connectivity index (χ3n) is 3.53. The van der Waals surface area contributed by atoms with Crippen LogP contribution in [0.5, 0.6) is 0 Å². The molecule has 2 amide bonds. The Hall–Kier alpha value is -1.55. The normalized spacial score (nSPS) is 13.7. The second-order valence-electron chi connectivity index (χ2n) is 5.15. The van der Waals surface area contributed by atoms with Gasteiger partial charge in [0.25, 0.3) is 0 Å². The Morgan fingerprint density at radius 3 is 2.58 bits per heavy atom. The molecule has 106 valence electrons. The number of benzene rings is 1. The first-order valence-corrected chi connectivity index (χ1v) is 6.73. The fourth-order valence-electron chi connectivity index (χ4n) is 1.81. The van der Waals surface area contributed by atoms with Crippen molar-refractivity contribution in [2.75, 3.05) is 11.9 Å². The number of carbonyl (C=O) groups excluding carboxylic acids is 1. The summed E-state index contributed by atoms with van der Waals surface area (Å²) in [7, 11) is 0. The van der Waals surface area contributed by atoms with Crippen molar-refractivity contribution in [3.8, 4) is 0 Å². The Morgan fingerprint density at radius 2 is 2.05 bits per heavy atom. The number of rotatable bonds is 5. The molecule has 1 atom stereocenters. The van der Waals surface area contributed by atoms with Gasteiger partial charge in [0.2, 0.25) is 0 Å². The van der Waals surface area contributed by atoms with Gasteiger partial charge in [0, 0.05) is 5.69 Å². The van der Waals surface area contributed by atoms with Crippen molar-refractivity contribution in [3.63, 3.8) is 0 Å². The standard InChI is InChI=1S/C15H24N2O2/c1-5-12-9-13(8-7-11(12)3)16-14(19)17-15(4,6-2)10-18/h7-9,18H,5-6,10H2,1-4H3,(H2,16,17,19). The molecule has 1 unspecified atom stereocenters. The minimum atomic E-state index is -0.581. The maximum Gasteiger partial charge on any atom is 0.319 e. The fraction of sp³-hybridized carbons (Fsp3) is 0.533. The van der Waals surface area contributed by atoms with Crippen molar-refractivity contribution in [2.24, 2.45) is 0 Å². The van der Waals surface area contributed by atoms with E-state index in [9.17, 15) is 9.90 Å². The van der Waals surface area contributed by atoms with Crippen LogP contribution in [0.1, 0.15) is 38.3 Å². The van der Waals surface area contributed by atoms with E-state index in [1.165, 1.54) is 11.1 Å². The van der Waals surface area contributed by atoms with Gasteiger partial charge in [0.1, 0.15) is 0 Å². The van der Waals surface area contributed by atoms with Crippen molar-refractivity contribution in [2.45, 2.75) is 46.1 Å². The van der Waals surface area contributed by atoms with Crippen LogP contribution in [0, 0.1) is 6.92 Å². The number of hydrogen-bond donors (Lipinski definition) is 3. The first-order valence-electron chi connectivity index (χ1n) is 6.73. The summed E-state index contributed by atoms with van der Waals surface area (Å²) in [5, 5.41) is 14.9. The van der Waals surface area contributed by atoms with E-state index in [2.05, 4.69) is 24.5 Å². The zero-order valence-corrected chi connectivity index (χ0v) is 12.2. The van der Waals surface area contributed by atoms with Crippen LogP contribution in [0.15, 0.2) is 18.2 Å². The third kappa shape index (κ3) is 4.24. The van der Waals surface area contributed by atoms with E-state index in [1.54, 1.807) is 0 Å². The highest BCUT2D eigenvalue weighted by molar-refractivity contribution is 5.89. The van der Waals surface area contributed by atoms with Crippen molar-refractivity contribution >= 4 is 11.7 Å². The average molecular weight is 264 g/mol. The Balaban J connectivity index is 2.72. The van der Waals surface area contributed by atoms with Crippen molar-refractivity contribution in [1.29, 1.82) is 0 Å². The van der Waals surface area contributed by atoms with Crippen molar-refractivity contribution < 1.29 is 9.90 Å². The quantitative estimate of drug-likeness (QED) is 0.766. The summed E-state index contributed by atoms with van der Waals surface area (Å²) >= 11 is 0. The summed E-state index contributed by atoms with van der Waals surface area (Å²) in [6.07, 6.45) is 1.61. The first-order chi connectivity index (χ1) is 8.94. The van der Waals surface area contributed by atoms with Crippen LogP contribution < -0.4 is 10.6 Å². The summed E-state index contributed by atoms with van der Waals surface area (Å²) in [6.45, 7) is 7.82. The largest absolute Gasteiger partial charge is 0.394 e. The molecule has 0 saturated carbocycles. The smallest absolute Gasteiger partial charge is 0.319 e. The molecule has 0 saturated heterocycles. The number of anilines is 1. The number of aryl methyl sites for hydroxylation is 2. The molecule has 0 aliphatic carbocycles. The molecule has 1 aromatic rings. The average Bonchev–Trinajstić information content (AvgIpc) is 2.40. The summed E-state index contributed by atoms with van der Waals surface area (Å²) in [5.74, 6) is 0. The van der Waals surface area contributed by atoms with E-state index in [-0.39, 0.29) is 12.6 Å². The lowest BCUT2D eigenvalue weighted by Crippen LogP contribution is -2.50. The summed E-state index contributed by atoms with van der Waals surface area (Å²) < 4.78 is 0. The van der Waals surface area contributed by atoms with Gasteiger partial charge in [-0.3, -0.25) is 0 Å². The van der Waals surface area contributed by atoms with Crippen LogP contribution in [0.25, 0.3) is 0 Å². The number of aliphatic hydroxyl groups is 1. The molecule has 0 spiro atoms. The molecule has 4 nitrogen and oxygen atoms in total. The number of amides is 2. The van der Waals surface area contributed by atoms with Crippen molar-refractivity contribution in [3.05, 3.63) is 29.3 Å². The predicted octanol–water partition coefficient (Wildman–Crippen LogP) is 2.84. The van der Waals surface area contributed by atoms with Gasteiger partial charge in [0.05, 0.1) is 12.1 Å². The van der Waals surface area contributed by atoms with Gasteiger partial charge in [-0.1, -0.05) is 19.9 Å². The van der Waals surface area contributed by atoms with Crippen LogP contribution in [0.3, 0.4) is 0 Å². The zero-order valence-electron chi connectivity index (χ0n) is 12.2. The number of carbonyl (C=O) groups is 1. The molecular weight excluding hydrogens is 240 g/mol. The lowest BCUT2D eigenvalue weighted by Gasteiger charge is -2.27. The first kappa shape index (κ1) is 15.5. The molecule has 3 N–H and O–H groups in total. The Labute approximate surface area is 115 Å². The molecule has 0 fully saturated rings. The van der Waals surface area contributed by atoms with Gasteiger partial charge < -0.3 is 15.7 Å². The predicted molar refractivity (Wildman–Crippen MR) is 78.5 cm³/mol. The lowest BCUT2D eigenvalue weighted by atomic mass is 10.0. The monoisotopic (exact) mass is 264 g/mol. The van der Waals surface area contributed by atoms with Gasteiger partial charge in [-0.05, 0) is 49.9 Å². The van der Waals surface area contributed by atoms with E-state index in [0.29, 0.717) is 6.42 Å². The van der Waals surface area contributed by atoms with Crippen LogP contribution in [0.2, 0.25) is 0 Å². The molecule has 1 rings (SSSR count). The Bertz CT molecular complexity index is 440. The maximum atomic E-state index is 11.9. The topological polar surface area (TPSA) is 61.4 Å². The van der Waals surface area contributed by atoms with Gasteiger partial charge in [-0.25, -0.2) is 4.79 Å². The summed E-state index contributed by atoms with van der Waals surface area (Å²) in [4.78, 5) is 11.9. The summed E-state index contributed by atoms with van der Waals surface area (Å²) in [6, 6.07) is 5.58. The Kier molecular flexibility index (Phi) is 5.36. The minimum absolute atomic E-state index is 0.0783. The van der Waals surface area contributed by atoms with Gasteiger partial charge in [-0.2, -0.15) is 0 Å². The van der Waals surface area contributed by atoms with E-state index >= 15 is 0 Å². The minimum Gasteiger partial charge on any atom is -0.394 e. The molecule has 4 heteroatoms. The molecule has 0 aromatic heterocycles. The third-order valence-corrected chi connectivity index (χ3v) is 3.53. The molecule has 0 aliphatic rings.